The Labute approximate surface area is 109 Å². The van der Waals surface area contributed by atoms with Gasteiger partial charge in [-0.05, 0) is 25.7 Å². The third-order valence-corrected chi connectivity index (χ3v) is 4.23. The second-order valence-electron chi connectivity index (χ2n) is 5.79. The molecule has 5 heteroatoms. The number of nitrogens with one attached hydrogen (secondary N) is 1. The van der Waals surface area contributed by atoms with Gasteiger partial charge in [0.15, 0.2) is 0 Å². The van der Waals surface area contributed by atoms with Crippen LogP contribution in [0.25, 0.3) is 0 Å². The Kier molecular flexibility index (Phi) is 3.90. The van der Waals surface area contributed by atoms with Crippen molar-refractivity contribution in [3.05, 3.63) is 5.82 Å². The third-order valence-electron chi connectivity index (χ3n) is 4.23. The van der Waals surface area contributed by atoms with E-state index >= 15 is 0 Å². The van der Waals surface area contributed by atoms with Gasteiger partial charge in [-0.2, -0.15) is 4.98 Å². The van der Waals surface area contributed by atoms with Crippen LogP contribution in [0.15, 0.2) is 0 Å². The Balaban J connectivity index is 2.14. The van der Waals surface area contributed by atoms with Gasteiger partial charge in [-0.1, -0.05) is 20.8 Å². The highest BCUT2D eigenvalue weighted by atomic mass is 15.4. The summed E-state index contributed by atoms with van der Waals surface area (Å²) < 4.78 is 0. The standard InChI is InChI=1S/C13H25N5/c1-8(2)9(3)12-15-13(17-16-12)18-7-5-6-11(14)10(18)4/h8-11H,5-7,14H2,1-4H3,(H,15,16,17). The van der Waals surface area contributed by atoms with Crippen molar-refractivity contribution in [2.45, 2.75) is 58.5 Å². The molecule has 1 aromatic rings. The van der Waals surface area contributed by atoms with Gasteiger partial charge in [0.05, 0.1) is 0 Å². The summed E-state index contributed by atoms with van der Waals surface area (Å²) in [5.74, 6) is 2.75. The third kappa shape index (κ3) is 2.51. The summed E-state index contributed by atoms with van der Waals surface area (Å²) in [6.07, 6.45) is 2.21. The van der Waals surface area contributed by atoms with Gasteiger partial charge in [0, 0.05) is 24.5 Å². The SMILES string of the molecule is CC(C)C(C)c1nc(N2CCCC(N)C2C)n[nH]1. The summed E-state index contributed by atoms with van der Waals surface area (Å²) >= 11 is 0. The topological polar surface area (TPSA) is 70.8 Å². The van der Waals surface area contributed by atoms with Crippen LogP contribution in [-0.2, 0) is 0 Å². The van der Waals surface area contributed by atoms with Gasteiger partial charge in [-0.25, -0.2) is 0 Å². The highest BCUT2D eigenvalue weighted by Gasteiger charge is 2.28. The zero-order valence-corrected chi connectivity index (χ0v) is 11.8. The molecule has 3 N–H and O–H groups in total. The van der Waals surface area contributed by atoms with Crippen LogP contribution in [0.5, 0.6) is 0 Å². The van der Waals surface area contributed by atoms with E-state index in [2.05, 4.69) is 47.8 Å². The molecule has 1 aliphatic heterocycles. The van der Waals surface area contributed by atoms with E-state index in [0.29, 0.717) is 17.9 Å². The zero-order valence-electron chi connectivity index (χ0n) is 11.8. The first-order valence-corrected chi connectivity index (χ1v) is 6.95. The maximum Gasteiger partial charge on any atom is 0.245 e. The van der Waals surface area contributed by atoms with Crippen molar-refractivity contribution in [3.8, 4) is 0 Å². The molecular weight excluding hydrogens is 226 g/mol. The van der Waals surface area contributed by atoms with Gasteiger partial charge in [-0.3, -0.25) is 5.10 Å². The molecular formula is C13H25N5. The Hall–Kier alpha value is -1.10. The van der Waals surface area contributed by atoms with Crippen molar-refractivity contribution < 1.29 is 0 Å². The molecule has 0 saturated carbocycles. The molecule has 1 fully saturated rings. The number of rotatable bonds is 3. The molecule has 3 atom stereocenters. The van der Waals surface area contributed by atoms with Crippen LogP contribution >= 0.6 is 0 Å². The molecule has 5 nitrogen and oxygen atoms in total. The second-order valence-corrected chi connectivity index (χ2v) is 5.79. The molecule has 1 aromatic heterocycles. The van der Waals surface area contributed by atoms with E-state index in [1.807, 2.05) is 0 Å². The van der Waals surface area contributed by atoms with Crippen LogP contribution in [0.1, 0.15) is 52.3 Å². The number of nitrogens with zero attached hydrogens (tertiary/aromatic N) is 3. The minimum atomic E-state index is 0.225. The summed E-state index contributed by atoms with van der Waals surface area (Å²) in [5.41, 5.74) is 6.11. The van der Waals surface area contributed by atoms with Crippen LogP contribution in [0.3, 0.4) is 0 Å². The van der Waals surface area contributed by atoms with Crippen LogP contribution in [0.4, 0.5) is 5.95 Å². The highest BCUT2D eigenvalue weighted by molar-refractivity contribution is 5.32. The monoisotopic (exact) mass is 251 g/mol. The average Bonchev–Trinajstić information content (AvgIpc) is 2.80. The molecule has 0 aromatic carbocycles. The minimum Gasteiger partial charge on any atom is -0.335 e. The summed E-state index contributed by atoms with van der Waals surface area (Å²) in [4.78, 5) is 6.87. The van der Waals surface area contributed by atoms with Crippen molar-refractivity contribution in [1.82, 2.24) is 15.2 Å². The summed E-state index contributed by atoms with van der Waals surface area (Å²) in [6.45, 7) is 9.74. The predicted molar refractivity (Wildman–Crippen MR) is 73.7 cm³/mol. The number of H-pyrrole nitrogens is 1. The Morgan fingerprint density at radius 2 is 2.11 bits per heavy atom. The van der Waals surface area contributed by atoms with E-state index in [0.717, 1.165) is 31.2 Å². The first-order valence-electron chi connectivity index (χ1n) is 6.95. The van der Waals surface area contributed by atoms with Crippen molar-refractivity contribution in [2.75, 3.05) is 11.4 Å². The van der Waals surface area contributed by atoms with Gasteiger partial charge in [0.25, 0.3) is 0 Å². The van der Waals surface area contributed by atoms with Crippen LogP contribution in [-0.4, -0.2) is 33.8 Å². The molecule has 0 radical (unpaired) electrons. The van der Waals surface area contributed by atoms with Gasteiger partial charge in [0.2, 0.25) is 5.95 Å². The van der Waals surface area contributed by atoms with E-state index in [1.165, 1.54) is 0 Å². The average molecular weight is 251 g/mol. The fourth-order valence-corrected chi connectivity index (χ4v) is 2.37. The van der Waals surface area contributed by atoms with Crippen LogP contribution in [0, 0.1) is 5.92 Å². The maximum absolute atomic E-state index is 6.11. The maximum atomic E-state index is 6.11. The molecule has 2 rings (SSSR count). The van der Waals surface area contributed by atoms with E-state index in [1.54, 1.807) is 0 Å². The van der Waals surface area contributed by atoms with Crippen molar-refractivity contribution in [1.29, 1.82) is 0 Å². The number of nitrogens with two attached hydrogens (primary N) is 1. The summed E-state index contributed by atoms with van der Waals surface area (Å²) in [6, 6.07) is 0.542. The number of aromatic amines is 1. The Morgan fingerprint density at radius 3 is 2.78 bits per heavy atom. The second kappa shape index (κ2) is 5.26. The minimum absolute atomic E-state index is 0.225. The van der Waals surface area contributed by atoms with Gasteiger partial charge < -0.3 is 10.6 Å². The summed E-state index contributed by atoms with van der Waals surface area (Å²) in [5, 5.41) is 7.44. The fourth-order valence-electron chi connectivity index (χ4n) is 2.37. The quantitative estimate of drug-likeness (QED) is 0.860. The molecule has 2 heterocycles. The van der Waals surface area contributed by atoms with E-state index in [-0.39, 0.29) is 6.04 Å². The molecule has 1 aliphatic rings. The number of hydrogen-bond donors (Lipinski definition) is 2. The lowest BCUT2D eigenvalue weighted by Gasteiger charge is -2.36. The largest absolute Gasteiger partial charge is 0.335 e. The van der Waals surface area contributed by atoms with Crippen molar-refractivity contribution >= 4 is 5.95 Å². The van der Waals surface area contributed by atoms with Crippen LogP contribution in [0.2, 0.25) is 0 Å². The molecule has 1 saturated heterocycles. The number of aromatic nitrogens is 3. The Bertz CT molecular complexity index is 386. The highest BCUT2D eigenvalue weighted by Crippen LogP contribution is 2.24. The fraction of sp³-hybridized carbons (Fsp3) is 0.846. The van der Waals surface area contributed by atoms with Gasteiger partial charge >= 0.3 is 0 Å². The smallest absolute Gasteiger partial charge is 0.245 e. The molecule has 18 heavy (non-hydrogen) atoms. The molecule has 102 valence electrons. The number of anilines is 1. The van der Waals surface area contributed by atoms with E-state index in [9.17, 15) is 0 Å². The predicted octanol–water partition coefficient (Wildman–Crippen LogP) is 1.88. The van der Waals surface area contributed by atoms with Gasteiger partial charge in [-0.15, -0.1) is 5.10 Å². The first-order chi connectivity index (χ1) is 8.50. The molecule has 3 unspecified atom stereocenters. The van der Waals surface area contributed by atoms with Crippen molar-refractivity contribution in [3.63, 3.8) is 0 Å². The first kappa shape index (κ1) is 13.3. The van der Waals surface area contributed by atoms with E-state index in [4.69, 9.17) is 5.73 Å². The lowest BCUT2D eigenvalue weighted by molar-refractivity contribution is 0.415. The lowest BCUT2D eigenvalue weighted by atomic mass is 9.97. The van der Waals surface area contributed by atoms with E-state index < -0.39 is 0 Å². The molecule has 0 spiro atoms. The molecule has 0 aliphatic carbocycles. The van der Waals surface area contributed by atoms with Crippen LogP contribution < -0.4 is 10.6 Å². The molecule has 0 bridgehead atoms. The van der Waals surface area contributed by atoms with Gasteiger partial charge in [0.1, 0.15) is 5.82 Å². The number of piperidine rings is 1. The normalized spacial score (nSPS) is 26.7. The van der Waals surface area contributed by atoms with Crippen molar-refractivity contribution in [2.24, 2.45) is 11.7 Å². The lowest BCUT2D eigenvalue weighted by Crippen LogP contribution is -2.51. The zero-order chi connectivity index (χ0) is 13.3. The molecule has 0 amide bonds. The number of hydrogen-bond acceptors (Lipinski definition) is 4. The summed E-state index contributed by atoms with van der Waals surface area (Å²) in [7, 11) is 0. The Morgan fingerprint density at radius 1 is 1.39 bits per heavy atom.